The molecule has 0 aliphatic carbocycles. The van der Waals surface area contributed by atoms with E-state index in [0.29, 0.717) is 40.2 Å². The number of methoxy groups -OCH3 is 1. The summed E-state index contributed by atoms with van der Waals surface area (Å²) in [5.74, 6) is 1.47. The number of fused-ring (bicyclic) bond motifs is 3. The van der Waals surface area contributed by atoms with Crippen LogP contribution in [0.25, 0.3) is 5.69 Å². The lowest BCUT2D eigenvalue weighted by atomic mass is 10.00. The number of rotatable bonds is 9. The number of aryl methyl sites for hydroxylation is 1. The number of aromatic nitrogens is 3. The second-order valence-electron chi connectivity index (χ2n) is 11.2. The molecule has 2 heterocycles. The minimum Gasteiger partial charge on any atom is -0.497 e. The van der Waals surface area contributed by atoms with E-state index in [1.165, 1.54) is 0 Å². The first-order valence-corrected chi connectivity index (χ1v) is 17.6. The standard InChI is InChI=1S/C32H35ClN6O4Si/c1-20-36-37-31-27(19-29(40)34-15-16-38(2)32(41)22-7-6-8-25(17-22)44(4,5)42)35-30(21-9-11-23(33)12-10-21)26-18-24(43-3)13-14-28(26)39(20)31/h6-14,17-18,27,42H,15-16,19H2,1-5H3,(H,34,40)/t27-/m0/s1. The number of nitrogens with one attached hydrogen (secondary N) is 1. The Hall–Kier alpha value is -4.32. The fourth-order valence-electron chi connectivity index (χ4n) is 5.14. The number of amides is 2. The zero-order valence-electron chi connectivity index (χ0n) is 25.3. The van der Waals surface area contributed by atoms with Crippen molar-refractivity contribution in [3.8, 4) is 11.4 Å². The van der Waals surface area contributed by atoms with Crippen molar-refractivity contribution in [1.82, 2.24) is 25.0 Å². The van der Waals surface area contributed by atoms with Gasteiger partial charge in [0.05, 0.1) is 24.9 Å². The summed E-state index contributed by atoms with van der Waals surface area (Å²) >= 11 is 6.19. The highest BCUT2D eigenvalue weighted by atomic mass is 35.5. The predicted octanol–water partition coefficient (Wildman–Crippen LogP) is 3.81. The van der Waals surface area contributed by atoms with Crippen LogP contribution >= 0.6 is 11.6 Å². The summed E-state index contributed by atoms with van der Waals surface area (Å²) in [7, 11) is 0.747. The quantitative estimate of drug-likeness (QED) is 0.271. The number of carbonyl (C=O) groups excluding carboxylic acids is 2. The molecule has 0 saturated carbocycles. The maximum Gasteiger partial charge on any atom is 0.253 e. The van der Waals surface area contributed by atoms with E-state index >= 15 is 0 Å². The van der Waals surface area contributed by atoms with Crippen molar-refractivity contribution >= 4 is 42.6 Å². The van der Waals surface area contributed by atoms with Crippen molar-refractivity contribution in [2.45, 2.75) is 32.5 Å². The SMILES string of the molecule is COc1ccc2c(c1)C(c1ccc(Cl)cc1)=N[C@@H](CC(=O)NCCN(C)C(=O)c1cccc([Si](C)(C)O)c1)c1nnc(C)n1-2. The molecule has 1 atom stereocenters. The van der Waals surface area contributed by atoms with Gasteiger partial charge in [0.25, 0.3) is 5.91 Å². The van der Waals surface area contributed by atoms with Crippen LogP contribution in [0.3, 0.4) is 0 Å². The molecule has 0 fully saturated rings. The number of hydrogen-bond donors (Lipinski definition) is 2. The van der Waals surface area contributed by atoms with Gasteiger partial charge in [-0.1, -0.05) is 35.9 Å². The largest absolute Gasteiger partial charge is 0.497 e. The molecule has 1 aromatic heterocycles. The first-order valence-electron chi connectivity index (χ1n) is 14.3. The lowest BCUT2D eigenvalue weighted by Gasteiger charge is -2.20. The van der Waals surface area contributed by atoms with E-state index in [-0.39, 0.29) is 24.8 Å². The number of ether oxygens (including phenoxy) is 1. The normalized spacial score (nSPS) is 14.2. The third kappa shape index (κ3) is 6.59. The van der Waals surface area contributed by atoms with Crippen LogP contribution in [0.4, 0.5) is 0 Å². The number of halogens is 1. The van der Waals surface area contributed by atoms with Gasteiger partial charge < -0.3 is 19.7 Å². The summed E-state index contributed by atoms with van der Waals surface area (Å²) in [5, 5.41) is 13.1. The predicted molar refractivity (Wildman–Crippen MR) is 173 cm³/mol. The summed E-state index contributed by atoms with van der Waals surface area (Å²) in [6.07, 6.45) is 0.0241. The minimum absolute atomic E-state index is 0.0241. The number of nitrogens with zero attached hydrogens (tertiary/aromatic N) is 5. The second-order valence-corrected chi connectivity index (χ2v) is 15.4. The average molecular weight is 631 g/mol. The van der Waals surface area contributed by atoms with Crippen molar-refractivity contribution in [1.29, 1.82) is 0 Å². The maximum atomic E-state index is 13.3. The van der Waals surface area contributed by atoms with Crippen LogP contribution in [0.2, 0.25) is 18.1 Å². The first-order chi connectivity index (χ1) is 21.0. The van der Waals surface area contributed by atoms with Crippen LogP contribution < -0.4 is 15.2 Å². The lowest BCUT2D eigenvalue weighted by molar-refractivity contribution is -0.121. The molecule has 4 aromatic rings. The monoisotopic (exact) mass is 630 g/mol. The average Bonchev–Trinajstić information content (AvgIpc) is 3.33. The molecule has 10 nitrogen and oxygen atoms in total. The molecule has 228 valence electrons. The molecule has 0 bridgehead atoms. The van der Waals surface area contributed by atoms with Gasteiger partial charge in [0, 0.05) is 41.9 Å². The molecular formula is C32H35ClN6O4Si. The molecular weight excluding hydrogens is 596 g/mol. The maximum absolute atomic E-state index is 13.3. The third-order valence-corrected chi connectivity index (χ3v) is 9.54. The highest BCUT2D eigenvalue weighted by Crippen LogP contribution is 2.34. The van der Waals surface area contributed by atoms with E-state index in [2.05, 4.69) is 15.5 Å². The van der Waals surface area contributed by atoms with Gasteiger partial charge in [-0.25, -0.2) is 0 Å². The van der Waals surface area contributed by atoms with Crippen LogP contribution in [-0.2, 0) is 4.79 Å². The lowest BCUT2D eigenvalue weighted by Crippen LogP contribution is -2.42. The van der Waals surface area contributed by atoms with Crippen molar-refractivity contribution in [2.24, 2.45) is 4.99 Å². The molecule has 0 radical (unpaired) electrons. The smallest absolute Gasteiger partial charge is 0.253 e. The molecule has 3 aromatic carbocycles. The summed E-state index contributed by atoms with van der Waals surface area (Å²) in [4.78, 5) is 43.4. The second kappa shape index (κ2) is 12.7. The molecule has 44 heavy (non-hydrogen) atoms. The molecule has 1 aliphatic rings. The Bertz CT molecular complexity index is 1730. The number of likely N-dealkylation sites (N-methyl/N-ethyl adjacent to an activating group) is 1. The van der Waals surface area contributed by atoms with Crippen molar-refractivity contribution in [3.05, 3.63) is 100 Å². The third-order valence-electron chi connectivity index (χ3n) is 7.56. The zero-order valence-corrected chi connectivity index (χ0v) is 27.1. The number of carbonyl (C=O) groups is 2. The molecule has 0 spiro atoms. The Balaban J connectivity index is 1.35. The molecule has 2 amide bonds. The number of hydrogen-bond acceptors (Lipinski definition) is 7. The number of benzene rings is 3. The topological polar surface area (TPSA) is 122 Å². The van der Waals surface area contributed by atoms with Crippen LogP contribution in [0, 0.1) is 6.92 Å². The van der Waals surface area contributed by atoms with Gasteiger partial charge in [-0.15, -0.1) is 10.2 Å². The van der Waals surface area contributed by atoms with Gasteiger partial charge in [-0.05, 0) is 67.7 Å². The van der Waals surface area contributed by atoms with E-state index in [1.54, 1.807) is 49.4 Å². The summed E-state index contributed by atoms with van der Waals surface area (Å²) < 4.78 is 7.45. The molecule has 0 saturated heterocycles. The zero-order chi connectivity index (χ0) is 31.6. The number of aliphatic imine (C=N–C) groups is 1. The van der Waals surface area contributed by atoms with Gasteiger partial charge in [0.1, 0.15) is 17.6 Å². The van der Waals surface area contributed by atoms with E-state index in [9.17, 15) is 14.4 Å². The van der Waals surface area contributed by atoms with Crippen LogP contribution in [0.5, 0.6) is 5.75 Å². The van der Waals surface area contributed by atoms with E-state index in [0.717, 1.165) is 22.0 Å². The van der Waals surface area contributed by atoms with Crippen LogP contribution in [0.1, 0.15) is 45.6 Å². The van der Waals surface area contributed by atoms with Crippen molar-refractivity contribution in [2.75, 3.05) is 27.2 Å². The van der Waals surface area contributed by atoms with E-state index in [4.69, 9.17) is 21.3 Å². The Labute approximate surface area is 262 Å². The summed E-state index contributed by atoms with van der Waals surface area (Å²) in [6.45, 7) is 6.04. The summed E-state index contributed by atoms with van der Waals surface area (Å²) in [5.41, 5.74) is 3.66. The van der Waals surface area contributed by atoms with Crippen molar-refractivity contribution < 1.29 is 19.1 Å². The molecule has 1 aliphatic heterocycles. The fraction of sp³-hybridized carbons (Fsp3) is 0.281. The first kappa shape index (κ1) is 31.1. The van der Waals surface area contributed by atoms with E-state index < -0.39 is 14.4 Å². The summed E-state index contributed by atoms with van der Waals surface area (Å²) in [6, 6.07) is 19.6. The van der Waals surface area contributed by atoms with Crippen molar-refractivity contribution in [3.63, 3.8) is 0 Å². The molecule has 12 heteroatoms. The van der Waals surface area contributed by atoms with Gasteiger partial charge in [0.15, 0.2) is 5.82 Å². The Morgan fingerprint density at radius 3 is 2.55 bits per heavy atom. The van der Waals surface area contributed by atoms with Crippen LogP contribution in [0.15, 0.2) is 71.7 Å². The van der Waals surface area contributed by atoms with Gasteiger partial charge in [-0.2, -0.15) is 0 Å². The van der Waals surface area contributed by atoms with Gasteiger partial charge >= 0.3 is 0 Å². The Morgan fingerprint density at radius 2 is 1.84 bits per heavy atom. The molecule has 2 N–H and O–H groups in total. The fourth-order valence-corrected chi connectivity index (χ4v) is 6.28. The van der Waals surface area contributed by atoms with E-state index in [1.807, 2.05) is 61.0 Å². The molecule has 5 rings (SSSR count). The highest BCUT2D eigenvalue weighted by Gasteiger charge is 2.30. The minimum atomic E-state index is -2.55. The Morgan fingerprint density at radius 1 is 1.09 bits per heavy atom. The van der Waals surface area contributed by atoms with Gasteiger partial charge in [-0.3, -0.25) is 19.1 Å². The highest BCUT2D eigenvalue weighted by molar-refractivity contribution is 6.83. The Kier molecular flexibility index (Phi) is 9.00. The van der Waals surface area contributed by atoms with Gasteiger partial charge in [0.2, 0.25) is 14.2 Å². The van der Waals surface area contributed by atoms with Crippen LogP contribution in [-0.4, -0.2) is 77.6 Å². The molecule has 0 unspecified atom stereocenters.